The number of hydrogen-bond acceptors (Lipinski definition) is 2. The molecule has 0 amide bonds. The second-order valence-electron chi connectivity index (χ2n) is 6.21. The van der Waals surface area contributed by atoms with Gasteiger partial charge in [-0.25, -0.2) is 0 Å². The van der Waals surface area contributed by atoms with Gasteiger partial charge < -0.3 is 9.64 Å². The van der Waals surface area contributed by atoms with E-state index < -0.39 is 0 Å². The van der Waals surface area contributed by atoms with E-state index in [1.807, 2.05) is 24.3 Å². The molecule has 0 radical (unpaired) electrons. The average molecular weight is 309 g/mol. The first-order valence-corrected chi connectivity index (χ1v) is 8.18. The Kier molecular flexibility index (Phi) is 6.42. The first kappa shape index (κ1) is 17.3. The van der Waals surface area contributed by atoms with Crippen molar-refractivity contribution in [1.29, 1.82) is 0 Å². The van der Waals surface area contributed by atoms with Gasteiger partial charge in [0.15, 0.2) is 0 Å². The van der Waals surface area contributed by atoms with Gasteiger partial charge in [-0.15, -0.1) is 0 Å². The second-order valence-corrected chi connectivity index (χ2v) is 6.21. The fourth-order valence-corrected chi connectivity index (χ4v) is 2.89. The van der Waals surface area contributed by atoms with E-state index in [4.69, 9.17) is 4.74 Å². The van der Waals surface area contributed by atoms with Gasteiger partial charge in [-0.2, -0.15) is 0 Å². The molecule has 2 heteroatoms. The van der Waals surface area contributed by atoms with Crippen molar-refractivity contribution in [3.8, 4) is 5.75 Å². The summed E-state index contributed by atoms with van der Waals surface area (Å²) in [6.45, 7) is 6.02. The number of allylic oxidation sites excluding steroid dienone is 1. The van der Waals surface area contributed by atoms with Gasteiger partial charge in [0.05, 0.1) is 0 Å². The molecule has 0 aliphatic heterocycles. The van der Waals surface area contributed by atoms with Crippen LogP contribution >= 0.6 is 0 Å². The maximum atomic E-state index is 5.95. The molecule has 1 atom stereocenters. The quantitative estimate of drug-likeness (QED) is 0.723. The number of benzene rings is 2. The summed E-state index contributed by atoms with van der Waals surface area (Å²) in [7, 11) is 4.23. The van der Waals surface area contributed by atoms with E-state index in [0.717, 1.165) is 12.3 Å². The molecule has 2 nitrogen and oxygen atoms in total. The lowest BCUT2D eigenvalue weighted by Crippen LogP contribution is -2.20. The number of hydrogen-bond donors (Lipinski definition) is 0. The highest BCUT2D eigenvalue weighted by Crippen LogP contribution is 2.27. The van der Waals surface area contributed by atoms with Crippen LogP contribution in [0.4, 0.5) is 0 Å². The third kappa shape index (κ3) is 5.26. The Balaban J connectivity index is 2.09. The largest absolute Gasteiger partial charge is 0.489 e. The van der Waals surface area contributed by atoms with Gasteiger partial charge in [0, 0.05) is 6.54 Å². The molecule has 0 aliphatic carbocycles. The van der Waals surface area contributed by atoms with Crippen LogP contribution in [0.25, 0.3) is 5.57 Å². The Bertz CT molecular complexity index is 631. The molecule has 0 N–H and O–H groups in total. The van der Waals surface area contributed by atoms with Crippen molar-refractivity contribution < 1.29 is 4.74 Å². The molecule has 1 unspecified atom stereocenters. The smallest absolute Gasteiger partial charge is 0.120 e. The minimum Gasteiger partial charge on any atom is -0.489 e. The Morgan fingerprint density at radius 3 is 2.48 bits per heavy atom. The maximum absolute atomic E-state index is 5.95. The third-order valence-corrected chi connectivity index (χ3v) is 3.90. The lowest BCUT2D eigenvalue weighted by atomic mass is 9.93. The molecule has 0 saturated heterocycles. The third-order valence-electron chi connectivity index (χ3n) is 3.90. The summed E-state index contributed by atoms with van der Waals surface area (Å²) in [5, 5.41) is 0. The van der Waals surface area contributed by atoms with E-state index >= 15 is 0 Å². The summed E-state index contributed by atoms with van der Waals surface area (Å²) >= 11 is 0. The highest BCUT2D eigenvalue weighted by atomic mass is 16.5. The van der Waals surface area contributed by atoms with E-state index in [9.17, 15) is 0 Å². The standard InChI is InChI=1S/C21H27NO/c1-5-21(17(2)15-22(3)4)19-12-9-13-20(14-19)23-16-18-10-7-6-8-11-18/h5-14,17H,15-16H2,1-4H3/b21-5-. The molecule has 0 aromatic heterocycles. The number of nitrogens with zero attached hydrogens (tertiary/aromatic N) is 1. The summed E-state index contributed by atoms with van der Waals surface area (Å²) in [5.41, 5.74) is 3.79. The van der Waals surface area contributed by atoms with Crippen molar-refractivity contribution in [3.63, 3.8) is 0 Å². The zero-order chi connectivity index (χ0) is 16.7. The molecular weight excluding hydrogens is 282 g/mol. The Hall–Kier alpha value is -2.06. The van der Waals surface area contributed by atoms with Crippen LogP contribution in [-0.4, -0.2) is 25.5 Å². The highest BCUT2D eigenvalue weighted by molar-refractivity contribution is 5.68. The van der Waals surface area contributed by atoms with Crippen LogP contribution in [0.2, 0.25) is 0 Å². The maximum Gasteiger partial charge on any atom is 0.120 e. The van der Waals surface area contributed by atoms with Crippen molar-refractivity contribution in [2.24, 2.45) is 5.92 Å². The predicted molar refractivity (Wildman–Crippen MR) is 98.6 cm³/mol. The molecule has 0 heterocycles. The zero-order valence-electron chi connectivity index (χ0n) is 14.6. The van der Waals surface area contributed by atoms with Crippen molar-refractivity contribution in [2.75, 3.05) is 20.6 Å². The SMILES string of the molecule is C/C=C(\c1cccc(OCc2ccccc2)c1)C(C)CN(C)C. The number of ether oxygens (including phenoxy) is 1. The van der Waals surface area contributed by atoms with E-state index in [-0.39, 0.29) is 0 Å². The topological polar surface area (TPSA) is 12.5 Å². The van der Waals surface area contributed by atoms with Crippen LogP contribution in [0.1, 0.15) is 25.0 Å². The monoisotopic (exact) mass is 309 g/mol. The van der Waals surface area contributed by atoms with Crippen molar-refractivity contribution in [2.45, 2.75) is 20.5 Å². The molecule has 0 fully saturated rings. The first-order valence-electron chi connectivity index (χ1n) is 8.18. The summed E-state index contributed by atoms with van der Waals surface area (Å²) in [6.07, 6.45) is 2.21. The minimum absolute atomic E-state index is 0.486. The van der Waals surface area contributed by atoms with Crippen molar-refractivity contribution >= 4 is 5.57 Å². The van der Waals surface area contributed by atoms with E-state index in [1.165, 1.54) is 16.7 Å². The zero-order valence-corrected chi connectivity index (χ0v) is 14.6. The van der Waals surface area contributed by atoms with E-state index in [1.54, 1.807) is 0 Å². The Labute approximate surface area is 140 Å². The van der Waals surface area contributed by atoms with Crippen molar-refractivity contribution in [3.05, 3.63) is 71.8 Å². The molecule has 23 heavy (non-hydrogen) atoms. The fraction of sp³-hybridized carbons (Fsp3) is 0.333. The van der Waals surface area contributed by atoms with Gasteiger partial charge in [0.25, 0.3) is 0 Å². The molecular formula is C21H27NO. The van der Waals surface area contributed by atoms with Gasteiger partial charge >= 0.3 is 0 Å². The van der Waals surface area contributed by atoms with Crippen LogP contribution in [0, 0.1) is 5.92 Å². The first-order chi connectivity index (χ1) is 11.1. The van der Waals surface area contributed by atoms with E-state index in [2.05, 4.69) is 69.3 Å². The lowest BCUT2D eigenvalue weighted by molar-refractivity contribution is 0.306. The van der Waals surface area contributed by atoms with Gasteiger partial charge in [-0.3, -0.25) is 0 Å². The van der Waals surface area contributed by atoms with Gasteiger partial charge in [0.2, 0.25) is 0 Å². The molecule has 0 spiro atoms. The molecule has 2 aromatic rings. The molecule has 0 aliphatic rings. The molecule has 122 valence electrons. The van der Waals surface area contributed by atoms with Crippen LogP contribution < -0.4 is 4.74 Å². The predicted octanol–water partition coefficient (Wildman–Crippen LogP) is 4.87. The van der Waals surface area contributed by atoms with Crippen LogP contribution in [-0.2, 0) is 6.61 Å². The van der Waals surface area contributed by atoms with Crippen molar-refractivity contribution in [1.82, 2.24) is 4.90 Å². The van der Waals surface area contributed by atoms with Crippen LogP contribution in [0.3, 0.4) is 0 Å². The lowest BCUT2D eigenvalue weighted by Gasteiger charge is -2.20. The number of rotatable bonds is 7. The Morgan fingerprint density at radius 2 is 1.83 bits per heavy atom. The van der Waals surface area contributed by atoms with Gasteiger partial charge in [0.1, 0.15) is 12.4 Å². The van der Waals surface area contributed by atoms with Gasteiger partial charge in [-0.1, -0.05) is 55.5 Å². The molecule has 2 aromatic carbocycles. The average Bonchev–Trinajstić information content (AvgIpc) is 2.54. The molecule has 0 bridgehead atoms. The fourth-order valence-electron chi connectivity index (χ4n) is 2.89. The summed E-state index contributed by atoms with van der Waals surface area (Å²) < 4.78 is 5.95. The second kappa shape index (κ2) is 8.54. The van der Waals surface area contributed by atoms with E-state index in [0.29, 0.717) is 12.5 Å². The molecule has 0 saturated carbocycles. The van der Waals surface area contributed by atoms with Crippen LogP contribution in [0.5, 0.6) is 5.75 Å². The van der Waals surface area contributed by atoms with Crippen LogP contribution in [0.15, 0.2) is 60.7 Å². The van der Waals surface area contributed by atoms with Gasteiger partial charge in [-0.05, 0) is 55.8 Å². The highest BCUT2D eigenvalue weighted by Gasteiger charge is 2.12. The summed E-state index contributed by atoms with van der Waals surface area (Å²) in [6, 6.07) is 18.7. The Morgan fingerprint density at radius 1 is 1.09 bits per heavy atom. The normalized spacial score (nSPS) is 13.2. The summed E-state index contributed by atoms with van der Waals surface area (Å²) in [4.78, 5) is 2.23. The molecule has 2 rings (SSSR count). The minimum atomic E-state index is 0.486. The summed E-state index contributed by atoms with van der Waals surface area (Å²) in [5.74, 6) is 1.40.